The van der Waals surface area contributed by atoms with Crippen LogP contribution in [0.4, 0.5) is 8.78 Å². The number of amides is 1. The number of alkyl halides is 2. The average Bonchev–Trinajstić information content (AvgIpc) is 2.93. The molecule has 1 aromatic carbocycles. The number of hydrogen-bond acceptors (Lipinski definition) is 3. The van der Waals surface area contributed by atoms with Crippen molar-refractivity contribution in [1.82, 2.24) is 14.7 Å². The van der Waals surface area contributed by atoms with E-state index in [1.54, 1.807) is 25.1 Å². The van der Waals surface area contributed by atoms with E-state index in [0.29, 0.717) is 15.6 Å². The van der Waals surface area contributed by atoms with Gasteiger partial charge >= 0.3 is 0 Å². The summed E-state index contributed by atoms with van der Waals surface area (Å²) in [7, 11) is 2.92. The molecule has 1 aliphatic heterocycles. The summed E-state index contributed by atoms with van der Waals surface area (Å²) in [6.07, 6.45) is -1.58. The van der Waals surface area contributed by atoms with Crippen LogP contribution in [0.1, 0.15) is 35.0 Å². The van der Waals surface area contributed by atoms with Crippen molar-refractivity contribution in [2.45, 2.75) is 25.1 Å². The highest BCUT2D eigenvalue weighted by atomic mass is 35.5. The second kappa shape index (κ2) is 6.23. The summed E-state index contributed by atoms with van der Waals surface area (Å²) in [5.74, 6) is -0.594. The van der Waals surface area contributed by atoms with Crippen LogP contribution in [0, 0.1) is 0 Å². The standard InChI is InChI=1S/C16H15Cl2F2N3O2/c1-8-16(25-3,11-5-4-9(17)6-12(11)18)23(8)15(24)10-7-22(2)21-13(10)14(19)20/h4-8,14H,1-3H3. The van der Waals surface area contributed by atoms with Gasteiger partial charge in [-0.05, 0) is 19.1 Å². The van der Waals surface area contributed by atoms with Crippen LogP contribution in [0.3, 0.4) is 0 Å². The van der Waals surface area contributed by atoms with E-state index in [1.807, 2.05) is 0 Å². The third-order valence-electron chi connectivity index (χ3n) is 4.39. The third kappa shape index (κ3) is 2.70. The van der Waals surface area contributed by atoms with Crippen LogP contribution in [0.2, 0.25) is 10.0 Å². The molecule has 1 aliphatic rings. The molecule has 1 aromatic heterocycles. The van der Waals surface area contributed by atoms with Gasteiger partial charge in [-0.2, -0.15) is 5.10 Å². The molecule has 0 saturated carbocycles. The molecule has 0 radical (unpaired) electrons. The molecule has 1 amide bonds. The second-order valence-electron chi connectivity index (χ2n) is 5.78. The molecule has 1 saturated heterocycles. The number of rotatable bonds is 4. The van der Waals surface area contributed by atoms with Crippen molar-refractivity contribution in [3.8, 4) is 0 Å². The van der Waals surface area contributed by atoms with Crippen molar-refractivity contribution >= 4 is 29.1 Å². The van der Waals surface area contributed by atoms with Gasteiger partial charge in [0.15, 0.2) is 5.72 Å². The number of aryl methyl sites for hydroxylation is 1. The lowest BCUT2D eigenvalue weighted by Gasteiger charge is -2.18. The predicted molar refractivity (Wildman–Crippen MR) is 88.9 cm³/mol. The molecule has 134 valence electrons. The minimum atomic E-state index is -2.86. The van der Waals surface area contributed by atoms with Crippen molar-refractivity contribution in [3.63, 3.8) is 0 Å². The maximum Gasteiger partial charge on any atom is 0.282 e. The Morgan fingerprint density at radius 1 is 1.40 bits per heavy atom. The quantitative estimate of drug-likeness (QED) is 0.742. The van der Waals surface area contributed by atoms with Crippen molar-refractivity contribution < 1.29 is 18.3 Å². The number of hydrogen-bond donors (Lipinski definition) is 0. The van der Waals surface area contributed by atoms with Gasteiger partial charge in [0.25, 0.3) is 12.3 Å². The molecule has 0 bridgehead atoms. The smallest absolute Gasteiger partial charge is 0.282 e. The second-order valence-corrected chi connectivity index (χ2v) is 6.62. The average molecular weight is 390 g/mol. The van der Waals surface area contributed by atoms with E-state index in [2.05, 4.69) is 5.10 Å². The molecule has 2 aromatic rings. The Kier molecular flexibility index (Phi) is 4.51. The fourth-order valence-electron chi connectivity index (χ4n) is 3.20. The molecule has 2 atom stereocenters. The van der Waals surface area contributed by atoms with Crippen molar-refractivity contribution in [2.75, 3.05) is 7.11 Å². The van der Waals surface area contributed by atoms with Crippen LogP contribution in [0.15, 0.2) is 24.4 Å². The molecule has 2 heterocycles. The summed E-state index contributed by atoms with van der Waals surface area (Å²) in [6, 6.07) is 4.44. The van der Waals surface area contributed by atoms with Crippen molar-refractivity contribution in [1.29, 1.82) is 0 Å². The largest absolute Gasteiger partial charge is 0.352 e. The molecular weight excluding hydrogens is 375 g/mol. The molecule has 0 N–H and O–H groups in total. The normalized spacial score (nSPS) is 22.6. The first-order valence-corrected chi connectivity index (χ1v) is 8.15. The van der Waals surface area contributed by atoms with Gasteiger partial charge in [0.1, 0.15) is 5.69 Å². The molecule has 0 spiro atoms. The lowest BCUT2D eigenvalue weighted by molar-refractivity contribution is 0.0246. The summed E-state index contributed by atoms with van der Waals surface area (Å²) in [4.78, 5) is 14.2. The van der Waals surface area contributed by atoms with E-state index in [4.69, 9.17) is 27.9 Å². The first kappa shape index (κ1) is 18.1. The molecule has 5 nitrogen and oxygen atoms in total. The summed E-state index contributed by atoms with van der Waals surface area (Å²) >= 11 is 12.2. The number of nitrogens with zero attached hydrogens (tertiary/aromatic N) is 3. The fourth-order valence-corrected chi connectivity index (χ4v) is 3.75. The SMILES string of the molecule is COC1(c2ccc(Cl)cc2Cl)C(C)N1C(=O)c1cn(C)nc1C(F)F. The van der Waals surface area contributed by atoms with Crippen LogP contribution in [-0.2, 0) is 17.5 Å². The number of halogens is 4. The van der Waals surface area contributed by atoms with E-state index in [0.717, 1.165) is 0 Å². The number of carbonyl (C=O) groups excluding carboxylic acids is 1. The highest BCUT2D eigenvalue weighted by Gasteiger charge is 2.66. The zero-order chi connectivity index (χ0) is 18.5. The molecule has 0 aliphatic carbocycles. The van der Waals surface area contributed by atoms with Crippen molar-refractivity contribution in [2.24, 2.45) is 7.05 Å². The van der Waals surface area contributed by atoms with E-state index in [-0.39, 0.29) is 5.56 Å². The summed E-state index contributed by atoms with van der Waals surface area (Å²) < 4.78 is 33.1. The highest BCUT2D eigenvalue weighted by molar-refractivity contribution is 6.35. The monoisotopic (exact) mass is 389 g/mol. The lowest BCUT2D eigenvalue weighted by Crippen LogP contribution is -2.24. The summed E-state index contributed by atoms with van der Waals surface area (Å²) in [6.45, 7) is 1.75. The Morgan fingerprint density at radius 3 is 2.64 bits per heavy atom. The van der Waals surface area contributed by atoms with Crippen LogP contribution in [0.5, 0.6) is 0 Å². The van der Waals surface area contributed by atoms with Crippen LogP contribution in [-0.4, -0.2) is 33.7 Å². The fraction of sp³-hybridized carbons (Fsp3) is 0.375. The Balaban J connectivity index is 2.02. The number of benzene rings is 1. The van der Waals surface area contributed by atoms with Gasteiger partial charge in [-0.3, -0.25) is 14.4 Å². The van der Waals surface area contributed by atoms with Crippen LogP contribution in [0.25, 0.3) is 0 Å². The topological polar surface area (TPSA) is 47.1 Å². The van der Waals surface area contributed by atoms with E-state index in [9.17, 15) is 13.6 Å². The first-order valence-electron chi connectivity index (χ1n) is 7.40. The Labute approximate surface area is 153 Å². The number of ether oxygens (including phenoxy) is 1. The zero-order valence-electron chi connectivity index (χ0n) is 13.6. The molecule has 9 heteroatoms. The lowest BCUT2D eigenvalue weighted by atomic mass is 10.1. The van der Waals surface area contributed by atoms with Crippen LogP contribution < -0.4 is 0 Å². The summed E-state index contributed by atoms with van der Waals surface area (Å²) in [5.41, 5.74) is -1.30. The van der Waals surface area contributed by atoms with Gasteiger partial charge < -0.3 is 4.74 Å². The molecule has 3 rings (SSSR count). The Bertz CT molecular complexity index is 843. The summed E-state index contributed by atoms with van der Waals surface area (Å²) in [5, 5.41) is 4.45. The molecular formula is C16H15Cl2F2N3O2. The van der Waals surface area contributed by atoms with E-state index in [1.165, 1.54) is 29.9 Å². The maximum absolute atomic E-state index is 13.2. The van der Waals surface area contributed by atoms with Gasteiger partial charge in [-0.25, -0.2) is 8.78 Å². The molecule has 2 unspecified atom stereocenters. The van der Waals surface area contributed by atoms with Crippen molar-refractivity contribution in [3.05, 3.63) is 51.3 Å². The number of aromatic nitrogens is 2. The zero-order valence-corrected chi connectivity index (χ0v) is 15.1. The predicted octanol–water partition coefficient (Wildman–Crippen LogP) is 4.01. The van der Waals surface area contributed by atoms with Crippen LogP contribution >= 0.6 is 23.2 Å². The van der Waals surface area contributed by atoms with Gasteiger partial charge in [-0.15, -0.1) is 0 Å². The van der Waals surface area contributed by atoms with E-state index < -0.39 is 29.8 Å². The Morgan fingerprint density at radius 2 is 2.08 bits per heavy atom. The number of carbonyl (C=O) groups is 1. The number of methoxy groups -OCH3 is 1. The molecule has 25 heavy (non-hydrogen) atoms. The highest BCUT2D eigenvalue weighted by Crippen LogP contribution is 2.53. The maximum atomic E-state index is 13.2. The first-order chi connectivity index (χ1) is 11.7. The minimum absolute atomic E-state index is 0.159. The minimum Gasteiger partial charge on any atom is -0.352 e. The van der Waals surface area contributed by atoms with Gasteiger partial charge in [0.2, 0.25) is 0 Å². The van der Waals surface area contributed by atoms with Gasteiger partial charge in [0, 0.05) is 30.9 Å². The molecule has 1 fully saturated rings. The Hall–Kier alpha value is -1.70. The third-order valence-corrected chi connectivity index (χ3v) is 4.93. The van der Waals surface area contributed by atoms with Gasteiger partial charge in [-0.1, -0.05) is 29.3 Å². The van der Waals surface area contributed by atoms with Gasteiger partial charge in [0.05, 0.1) is 16.6 Å². The van der Waals surface area contributed by atoms with E-state index >= 15 is 0 Å².